The summed E-state index contributed by atoms with van der Waals surface area (Å²) in [7, 11) is 1.54. The molecule has 5 nitrogen and oxygen atoms in total. The molecular formula is C19H23NO4. The van der Waals surface area contributed by atoms with Crippen LogP contribution in [0.2, 0.25) is 0 Å². The number of phenolic OH excluding ortho intramolecular Hbond substituents is 1. The molecule has 5 heteroatoms. The number of unbranched alkanes of at least 4 members (excludes halogenated alkanes) is 1. The van der Waals surface area contributed by atoms with Crippen molar-refractivity contribution in [3.63, 3.8) is 0 Å². The van der Waals surface area contributed by atoms with Crippen LogP contribution < -0.4 is 14.8 Å². The maximum atomic E-state index is 12.4. The number of nitrogens with one attached hydrogen (secondary N) is 1. The molecule has 0 spiro atoms. The van der Waals surface area contributed by atoms with Gasteiger partial charge in [0, 0.05) is 5.56 Å². The third kappa shape index (κ3) is 4.41. The van der Waals surface area contributed by atoms with Crippen molar-refractivity contribution in [2.24, 2.45) is 0 Å². The number of aromatic hydroxyl groups is 1. The molecule has 0 atom stereocenters. The van der Waals surface area contributed by atoms with Crippen molar-refractivity contribution in [3.8, 4) is 17.2 Å². The second kappa shape index (κ2) is 8.24. The van der Waals surface area contributed by atoms with Crippen LogP contribution in [0.1, 0.15) is 35.7 Å². The van der Waals surface area contributed by atoms with E-state index in [0.717, 1.165) is 18.4 Å². The Labute approximate surface area is 142 Å². The van der Waals surface area contributed by atoms with Crippen LogP contribution >= 0.6 is 0 Å². The van der Waals surface area contributed by atoms with E-state index in [2.05, 4.69) is 12.2 Å². The van der Waals surface area contributed by atoms with Gasteiger partial charge in [-0.05, 0) is 49.2 Å². The first-order valence-electron chi connectivity index (χ1n) is 7.97. The lowest BCUT2D eigenvalue weighted by molar-refractivity contribution is 0.102. The number of carbonyl (C=O) groups is 1. The minimum Gasteiger partial charge on any atom is -0.506 e. The Morgan fingerprint density at radius 2 is 1.96 bits per heavy atom. The lowest BCUT2D eigenvalue weighted by atomic mass is 10.1. The van der Waals surface area contributed by atoms with E-state index in [4.69, 9.17) is 9.47 Å². The van der Waals surface area contributed by atoms with E-state index in [1.165, 1.54) is 7.11 Å². The maximum Gasteiger partial charge on any atom is 0.255 e. The number of amides is 1. The first-order chi connectivity index (χ1) is 11.5. The number of hydrogen-bond acceptors (Lipinski definition) is 4. The van der Waals surface area contributed by atoms with Gasteiger partial charge in [0.05, 0.1) is 19.4 Å². The Morgan fingerprint density at radius 1 is 1.17 bits per heavy atom. The molecule has 2 aromatic rings. The summed E-state index contributed by atoms with van der Waals surface area (Å²) in [4.78, 5) is 12.4. The average molecular weight is 329 g/mol. The molecule has 0 fully saturated rings. The van der Waals surface area contributed by atoms with Crippen molar-refractivity contribution < 1.29 is 19.4 Å². The Balaban J connectivity index is 2.14. The molecule has 0 saturated heterocycles. The van der Waals surface area contributed by atoms with Crippen molar-refractivity contribution in [2.75, 3.05) is 19.0 Å². The summed E-state index contributed by atoms with van der Waals surface area (Å²) >= 11 is 0. The molecule has 0 heterocycles. The molecule has 0 aliphatic rings. The summed E-state index contributed by atoms with van der Waals surface area (Å²) in [5.41, 5.74) is 1.71. The molecule has 128 valence electrons. The predicted molar refractivity (Wildman–Crippen MR) is 94.2 cm³/mol. The van der Waals surface area contributed by atoms with Gasteiger partial charge in [0.2, 0.25) is 0 Å². The molecule has 0 saturated carbocycles. The Hall–Kier alpha value is -2.69. The summed E-state index contributed by atoms with van der Waals surface area (Å²) in [6, 6.07) is 10.1. The van der Waals surface area contributed by atoms with Crippen LogP contribution in [0.5, 0.6) is 17.2 Å². The Kier molecular flexibility index (Phi) is 6.07. The minimum absolute atomic E-state index is 0.0369. The number of benzene rings is 2. The summed E-state index contributed by atoms with van der Waals surface area (Å²) in [6.07, 6.45) is 2.00. The zero-order valence-corrected chi connectivity index (χ0v) is 14.3. The number of aryl methyl sites for hydroxylation is 1. The number of carbonyl (C=O) groups excluding carboxylic acids is 1. The first kappa shape index (κ1) is 17.7. The lowest BCUT2D eigenvalue weighted by Crippen LogP contribution is -2.12. The van der Waals surface area contributed by atoms with E-state index in [1.807, 2.05) is 13.0 Å². The lowest BCUT2D eigenvalue weighted by Gasteiger charge is -2.12. The number of ether oxygens (including phenoxy) is 2. The molecule has 24 heavy (non-hydrogen) atoms. The third-order valence-electron chi connectivity index (χ3n) is 3.58. The molecule has 2 rings (SSSR count). The normalized spacial score (nSPS) is 10.3. The van der Waals surface area contributed by atoms with Crippen LogP contribution in [0, 0.1) is 6.92 Å². The largest absolute Gasteiger partial charge is 0.506 e. The van der Waals surface area contributed by atoms with Crippen LogP contribution in [0.15, 0.2) is 36.4 Å². The van der Waals surface area contributed by atoms with Gasteiger partial charge in [0.25, 0.3) is 5.91 Å². The maximum absolute atomic E-state index is 12.4. The van der Waals surface area contributed by atoms with E-state index in [0.29, 0.717) is 29.4 Å². The number of anilines is 1. The summed E-state index contributed by atoms with van der Waals surface area (Å²) < 4.78 is 11.0. The van der Waals surface area contributed by atoms with Gasteiger partial charge in [0.15, 0.2) is 11.5 Å². The van der Waals surface area contributed by atoms with Crippen LogP contribution in [0.4, 0.5) is 5.69 Å². The Morgan fingerprint density at radius 3 is 2.62 bits per heavy atom. The SMILES string of the molecule is CCCCOc1ccc(C(=O)Nc2ccc(C)cc2O)cc1OC. The summed E-state index contributed by atoms with van der Waals surface area (Å²) in [5.74, 6) is 0.829. The molecule has 0 aromatic heterocycles. The van der Waals surface area contributed by atoms with Crippen LogP contribution in [0.25, 0.3) is 0 Å². The van der Waals surface area contributed by atoms with Crippen molar-refractivity contribution >= 4 is 11.6 Å². The molecular weight excluding hydrogens is 306 g/mol. The fraction of sp³-hybridized carbons (Fsp3) is 0.316. The van der Waals surface area contributed by atoms with Gasteiger partial charge in [0.1, 0.15) is 5.75 Å². The van der Waals surface area contributed by atoms with E-state index >= 15 is 0 Å². The van der Waals surface area contributed by atoms with Crippen LogP contribution in [0.3, 0.4) is 0 Å². The molecule has 2 N–H and O–H groups in total. The van der Waals surface area contributed by atoms with Crippen molar-refractivity contribution in [3.05, 3.63) is 47.5 Å². The highest BCUT2D eigenvalue weighted by molar-refractivity contribution is 6.05. The molecule has 0 radical (unpaired) electrons. The molecule has 0 aliphatic carbocycles. The number of phenols is 1. The minimum atomic E-state index is -0.326. The highest BCUT2D eigenvalue weighted by Gasteiger charge is 2.13. The zero-order chi connectivity index (χ0) is 17.5. The van der Waals surface area contributed by atoms with Gasteiger partial charge in [-0.25, -0.2) is 0 Å². The standard InChI is InChI=1S/C19H23NO4/c1-4-5-10-24-17-9-7-14(12-18(17)23-3)19(22)20-15-8-6-13(2)11-16(15)21/h6-9,11-12,21H,4-5,10H2,1-3H3,(H,20,22). The first-order valence-corrected chi connectivity index (χ1v) is 7.97. The molecule has 0 aliphatic heterocycles. The smallest absolute Gasteiger partial charge is 0.255 e. The van der Waals surface area contributed by atoms with Crippen LogP contribution in [-0.2, 0) is 0 Å². The second-order valence-electron chi connectivity index (χ2n) is 5.54. The fourth-order valence-electron chi connectivity index (χ4n) is 2.20. The van der Waals surface area contributed by atoms with Gasteiger partial charge in [-0.1, -0.05) is 19.4 Å². The number of rotatable bonds is 7. The van der Waals surface area contributed by atoms with Gasteiger partial charge in [-0.3, -0.25) is 4.79 Å². The van der Waals surface area contributed by atoms with Crippen LogP contribution in [-0.4, -0.2) is 24.7 Å². The van der Waals surface area contributed by atoms with Gasteiger partial charge in [-0.15, -0.1) is 0 Å². The summed E-state index contributed by atoms with van der Waals surface area (Å²) in [6.45, 7) is 4.57. The highest BCUT2D eigenvalue weighted by Crippen LogP contribution is 2.29. The summed E-state index contributed by atoms with van der Waals surface area (Å²) in [5, 5.41) is 12.6. The van der Waals surface area contributed by atoms with Crippen molar-refractivity contribution in [2.45, 2.75) is 26.7 Å². The van der Waals surface area contributed by atoms with Gasteiger partial charge < -0.3 is 19.9 Å². The fourth-order valence-corrected chi connectivity index (χ4v) is 2.20. The zero-order valence-electron chi connectivity index (χ0n) is 14.3. The molecule has 1 amide bonds. The second-order valence-corrected chi connectivity index (χ2v) is 5.54. The molecule has 0 unspecified atom stereocenters. The average Bonchev–Trinajstić information content (AvgIpc) is 2.57. The van der Waals surface area contributed by atoms with E-state index in [-0.39, 0.29) is 11.7 Å². The van der Waals surface area contributed by atoms with Gasteiger partial charge in [-0.2, -0.15) is 0 Å². The van der Waals surface area contributed by atoms with Gasteiger partial charge >= 0.3 is 0 Å². The van der Waals surface area contributed by atoms with E-state index < -0.39 is 0 Å². The monoisotopic (exact) mass is 329 g/mol. The van der Waals surface area contributed by atoms with Crippen molar-refractivity contribution in [1.29, 1.82) is 0 Å². The molecule has 0 bridgehead atoms. The topological polar surface area (TPSA) is 67.8 Å². The third-order valence-corrected chi connectivity index (χ3v) is 3.58. The Bertz CT molecular complexity index is 713. The van der Waals surface area contributed by atoms with E-state index in [1.54, 1.807) is 30.3 Å². The number of methoxy groups -OCH3 is 1. The van der Waals surface area contributed by atoms with Crippen molar-refractivity contribution in [1.82, 2.24) is 0 Å². The quantitative estimate of drug-likeness (QED) is 0.592. The molecule has 2 aromatic carbocycles. The number of hydrogen-bond donors (Lipinski definition) is 2. The van der Waals surface area contributed by atoms with E-state index in [9.17, 15) is 9.90 Å². The highest BCUT2D eigenvalue weighted by atomic mass is 16.5. The predicted octanol–water partition coefficient (Wildman–Crippen LogP) is 4.14.